The molecule has 1 fully saturated rings. The van der Waals surface area contributed by atoms with Gasteiger partial charge in [0.25, 0.3) is 0 Å². The van der Waals surface area contributed by atoms with E-state index in [1.807, 2.05) is 0 Å². The Labute approximate surface area is 232 Å². The van der Waals surface area contributed by atoms with Crippen molar-refractivity contribution in [3.63, 3.8) is 0 Å². The molecule has 13 nitrogen and oxygen atoms in total. The molecule has 0 spiro atoms. The first-order valence-corrected chi connectivity index (χ1v) is 12.1. The minimum atomic E-state index is -1.76. The molecular weight excluding hydrogens is 544 g/mol. The number of phenols is 5. The second kappa shape index (κ2) is 12.2. The Morgan fingerprint density at radius 3 is 2.07 bits per heavy atom. The lowest BCUT2D eigenvalue weighted by molar-refractivity contribution is -0.277. The molecule has 0 unspecified atom stereocenters. The van der Waals surface area contributed by atoms with Crippen molar-refractivity contribution in [2.75, 3.05) is 13.7 Å². The molecule has 0 amide bonds. The quantitative estimate of drug-likeness (QED) is 0.109. The van der Waals surface area contributed by atoms with E-state index in [1.54, 1.807) is 24.3 Å². The highest BCUT2D eigenvalue weighted by atomic mass is 16.7. The zero-order valence-corrected chi connectivity index (χ0v) is 21.5. The van der Waals surface area contributed by atoms with Crippen LogP contribution >= 0.6 is 0 Å². The number of esters is 1. The Hall–Kier alpha value is -4.69. The molecule has 1 saturated heterocycles. The van der Waals surface area contributed by atoms with E-state index < -0.39 is 60.5 Å². The number of rotatable bonds is 8. The Balaban J connectivity index is 1.49. The second-order valence-corrected chi connectivity index (χ2v) is 9.12. The van der Waals surface area contributed by atoms with Crippen molar-refractivity contribution in [2.24, 2.45) is 0 Å². The number of ether oxygens (including phenoxy) is 4. The van der Waals surface area contributed by atoms with Crippen LogP contribution in [0.5, 0.6) is 40.2 Å². The summed E-state index contributed by atoms with van der Waals surface area (Å²) in [6.45, 7) is -0.622. The average molecular weight is 573 g/mol. The molecule has 1 aliphatic heterocycles. The van der Waals surface area contributed by atoms with E-state index in [4.69, 9.17) is 18.9 Å². The second-order valence-electron chi connectivity index (χ2n) is 9.12. The van der Waals surface area contributed by atoms with Crippen LogP contribution in [0.2, 0.25) is 0 Å². The van der Waals surface area contributed by atoms with Crippen molar-refractivity contribution in [1.29, 1.82) is 0 Å². The SMILES string of the molecule is COc1ccc(/C=C/c2cc(O)cc(O)c2)cc1O[C@@H]1O[C@H](COC(=O)c2cc(O)c(O)c(O)c2)[C@@H](O)[C@H](O)[C@H]1O. The molecule has 3 aromatic rings. The van der Waals surface area contributed by atoms with Crippen molar-refractivity contribution in [1.82, 2.24) is 0 Å². The van der Waals surface area contributed by atoms with Crippen LogP contribution in [0, 0.1) is 0 Å². The van der Waals surface area contributed by atoms with Crippen molar-refractivity contribution in [2.45, 2.75) is 30.7 Å². The average Bonchev–Trinajstić information content (AvgIpc) is 2.93. The summed E-state index contributed by atoms with van der Waals surface area (Å²) in [5.41, 5.74) is 0.784. The molecule has 4 rings (SSSR count). The van der Waals surface area contributed by atoms with Crippen LogP contribution in [-0.4, -0.2) is 91.2 Å². The van der Waals surface area contributed by atoms with Crippen molar-refractivity contribution < 1.29 is 64.6 Å². The highest BCUT2D eigenvalue weighted by Gasteiger charge is 2.45. The van der Waals surface area contributed by atoms with Crippen LogP contribution in [0.1, 0.15) is 21.5 Å². The first-order valence-electron chi connectivity index (χ1n) is 12.1. The minimum Gasteiger partial charge on any atom is -0.508 e. The molecule has 0 radical (unpaired) electrons. The maximum atomic E-state index is 12.4. The van der Waals surface area contributed by atoms with Gasteiger partial charge in [-0.3, -0.25) is 0 Å². The van der Waals surface area contributed by atoms with Gasteiger partial charge in [0.2, 0.25) is 6.29 Å². The summed E-state index contributed by atoms with van der Waals surface area (Å²) in [4.78, 5) is 12.4. The maximum Gasteiger partial charge on any atom is 0.338 e. The van der Waals surface area contributed by atoms with Crippen molar-refractivity contribution in [3.8, 4) is 40.2 Å². The van der Waals surface area contributed by atoms with Gasteiger partial charge in [0.1, 0.15) is 42.5 Å². The molecule has 0 aliphatic carbocycles. The van der Waals surface area contributed by atoms with E-state index in [0.29, 0.717) is 11.1 Å². The third kappa shape index (κ3) is 6.73. The largest absolute Gasteiger partial charge is 0.508 e. The molecule has 1 heterocycles. The fourth-order valence-corrected chi connectivity index (χ4v) is 4.04. The van der Waals surface area contributed by atoms with E-state index >= 15 is 0 Å². The van der Waals surface area contributed by atoms with Gasteiger partial charge in [-0.05, 0) is 47.5 Å². The van der Waals surface area contributed by atoms with Gasteiger partial charge in [0, 0.05) is 6.07 Å². The van der Waals surface area contributed by atoms with Gasteiger partial charge < -0.3 is 59.8 Å². The lowest BCUT2D eigenvalue weighted by atomic mass is 9.99. The van der Waals surface area contributed by atoms with E-state index in [2.05, 4.69) is 0 Å². The van der Waals surface area contributed by atoms with Crippen LogP contribution in [0.4, 0.5) is 0 Å². The molecule has 5 atom stereocenters. The van der Waals surface area contributed by atoms with Crippen LogP contribution < -0.4 is 9.47 Å². The highest BCUT2D eigenvalue weighted by Crippen LogP contribution is 2.36. The normalized spacial score (nSPS) is 22.4. The molecule has 41 heavy (non-hydrogen) atoms. The third-order valence-electron chi connectivity index (χ3n) is 6.18. The van der Waals surface area contributed by atoms with Crippen LogP contribution in [0.25, 0.3) is 12.2 Å². The number of carbonyl (C=O) groups excluding carboxylic acids is 1. The summed E-state index contributed by atoms with van der Waals surface area (Å²) in [6.07, 6.45) is -4.81. The highest BCUT2D eigenvalue weighted by molar-refractivity contribution is 5.91. The first-order chi connectivity index (χ1) is 19.5. The molecule has 8 N–H and O–H groups in total. The number of hydrogen-bond acceptors (Lipinski definition) is 13. The van der Waals surface area contributed by atoms with Crippen LogP contribution in [0.15, 0.2) is 48.5 Å². The monoisotopic (exact) mass is 572 g/mol. The van der Waals surface area contributed by atoms with Gasteiger partial charge in [-0.15, -0.1) is 0 Å². The molecule has 218 valence electrons. The number of benzene rings is 3. The van der Waals surface area contributed by atoms with E-state index in [9.17, 15) is 45.6 Å². The molecule has 0 bridgehead atoms. The smallest absolute Gasteiger partial charge is 0.338 e. The number of methoxy groups -OCH3 is 1. The minimum absolute atomic E-state index is 0.0897. The summed E-state index contributed by atoms with van der Waals surface area (Å²) in [7, 11) is 1.38. The lowest BCUT2D eigenvalue weighted by Gasteiger charge is -2.40. The van der Waals surface area contributed by atoms with Crippen LogP contribution in [-0.2, 0) is 9.47 Å². The lowest BCUT2D eigenvalue weighted by Crippen LogP contribution is -2.60. The van der Waals surface area contributed by atoms with Crippen LogP contribution in [0.3, 0.4) is 0 Å². The number of phenolic OH excluding ortho intramolecular Hbond substituents is 5. The molecule has 0 saturated carbocycles. The Morgan fingerprint density at radius 1 is 0.805 bits per heavy atom. The van der Waals surface area contributed by atoms with Gasteiger partial charge >= 0.3 is 5.97 Å². The fraction of sp³-hybridized carbons (Fsp3) is 0.250. The number of carbonyl (C=O) groups is 1. The molecular formula is C28H28O13. The summed E-state index contributed by atoms with van der Waals surface area (Å²) in [6, 6.07) is 10.6. The van der Waals surface area contributed by atoms with Gasteiger partial charge in [-0.25, -0.2) is 4.79 Å². The van der Waals surface area contributed by atoms with E-state index in [-0.39, 0.29) is 28.6 Å². The maximum absolute atomic E-state index is 12.4. The number of aromatic hydroxyl groups is 5. The molecule has 1 aliphatic rings. The number of hydrogen-bond donors (Lipinski definition) is 8. The summed E-state index contributed by atoms with van der Waals surface area (Å²) in [5, 5.41) is 79.3. The van der Waals surface area contributed by atoms with Gasteiger partial charge in [0.05, 0.1) is 12.7 Å². The van der Waals surface area contributed by atoms with Gasteiger partial charge in [-0.2, -0.15) is 0 Å². The topological polar surface area (TPSA) is 216 Å². The third-order valence-corrected chi connectivity index (χ3v) is 6.18. The number of aliphatic hydroxyl groups is 3. The zero-order chi connectivity index (χ0) is 29.8. The van der Waals surface area contributed by atoms with Gasteiger partial charge in [-0.1, -0.05) is 18.2 Å². The van der Waals surface area contributed by atoms with Gasteiger partial charge in [0.15, 0.2) is 28.7 Å². The summed E-state index contributed by atoms with van der Waals surface area (Å²) in [5.74, 6) is -3.30. The van der Waals surface area contributed by atoms with Crippen molar-refractivity contribution >= 4 is 18.1 Å². The first kappa shape index (κ1) is 29.3. The number of aliphatic hydroxyl groups excluding tert-OH is 3. The predicted molar refractivity (Wildman–Crippen MR) is 141 cm³/mol. The Bertz CT molecular complexity index is 1390. The molecule has 3 aromatic carbocycles. The standard InChI is InChI=1S/C28H28O13/c1-38-20-5-4-13(2-3-14-6-16(29)11-17(30)7-14)8-21(20)40-28-26(36)25(35)24(34)22(41-28)12-39-27(37)15-9-18(31)23(33)19(32)10-15/h2-11,22,24-26,28-36H,12H2,1H3/b3-2+/t22-,24-,25+,26-,28-/m1/s1. The predicted octanol–water partition coefficient (Wildman–Crippen LogP) is 1.44. The fourth-order valence-electron chi connectivity index (χ4n) is 4.04. The van der Waals surface area contributed by atoms with Crippen molar-refractivity contribution in [3.05, 3.63) is 65.2 Å². The molecule has 0 aromatic heterocycles. The Kier molecular flexibility index (Phi) is 8.74. The van der Waals surface area contributed by atoms with E-state index in [1.165, 1.54) is 31.4 Å². The zero-order valence-electron chi connectivity index (χ0n) is 21.5. The van der Waals surface area contributed by atoms with E-state index in [0.717, 1.165) is 12.1 Å². The Morgan fingerprint density at radius 2 is 1.44 bits per heavy atom. The summed E-state index contributed by atoms with van der Waals surface area (Å²) < 4.78 is 21.8. The summed E-state index contributed by atoms with van der Waals surface area (Å²) >= 11 is 0. The molecule has 13 heteroatoms.